The van der Waals surface area contributed by atoms with E-state index in [4.69, 9.17) is 9.84 Å². The van der Waals surface area contributed by atoms with Crippen molar-refractivity contribution in [1.29, 1.82) is 0 Å². The van der Waals surface area contributed by atoms with Crippen LogP contribution in [-0.2, 0) is 4.74 Å². The van der Waals surface area contributed by atoms with Gasteiger partial charge in [0.05, 0.1) is 18.8 Å². The zero-order valence-corrected chi connectivity index (χ0v) is 10.1. The highest BCUT2D eigenvalue weighted by molar-refractivity contribution is 5.68. The van der Waals surface area contributed by atoms with Crippen LogP contribution >= 0.6 is 0 Å². The predicted molar refractivity (Wildman–Crippen MR) is 59.1 cm³/mol. The number of nitrogens with zero attached hydrogens (tertiary/aromatic N) is 1. The minimum Gasteiger partial charge on any atom is -0.444 e. The minimum absolute atomic E-state index is 0.236. The molecule has 16 heavy (non-hydrogen) atoms. The number of ether oxygens (including phenoxy) is 1. The van der Waals surface area contributed by atoms with E-state index in [9.17, 15) is 9.90 Å². The molecular weight excluding hydrogens is 210 g/mol. The van der Waals surface area contributed by atoms with Crippen LogP contribution in [0.3, 0.4) is 0 Å². The summed E-state index contributed by atoms with van der Waals surface area (Å²) in [6.45, 7) is 5.66. The molecule has 0 aromatic heterocycles. The summed E-state index contributed by atoms with van der Waals surface area (Å²) in [5.74, 6) is 0. The van der Waals surface area contributed by atoms with Gasteiger partial charge in [0.2, 0.25) is 0 Å². The smallest absolute Gasteiger partial charge is 0.410 e. The summed E-state index contributed by atoms with van der Waals surface area (Å²) in [6.07, 6.45) is 0.220. The molecule has 0 radical (unpaired) electrons. The number of hydrogen-bond acceptors (Lipinski definition) is 4. The maximum atomic E-state index is 11.8. The second-order valence-electron chi connectivity index (χ2n) is 5.13. The summed E-state index contributed by atoms with van der Waals surface area (Å²) in [6, 6.07) is -0.538. The first-order valence-corrected chi connectivity index (χ1v) is 5.63. The number of likely N-dealkylation sites (tertiary alicyclic amines) is 1. The molecule has 0 aliphatic carbocycles. The monoisotopic (exact) mass is 231 g/mol. The zero-order chi connectivity index (χ0) is 12.3. The van der Waals surface area contributed by atoms with Gasteiger partial charge in [-0.15, -0.1) is 0 Å². The molecule has 0 saturated carbocycles. The van der Waals surface area contributed by atoms with Gasteiger partial charge >= 0.3 is 6.09 Å². The topological polar surface area (TPSA) is 70.0 Å². The van der Waals surface area contributed by atoms with Crippen LogP contribution in [-0.4, -0.2) is 52.1 Å². The molecular formula is C11H21NO4. The molecule has 1 fully saturated rings. The number of rotatable bonds is 1. The number of aliphatic hydroxyl groups is 2. The van der Waals surface area contributed by atoms with E-state index in [1.165, 1.54) is 4.90 Å². The second kappa shape index (κ2) is 5.01. The lowest BCUT2D eigenvalue weighted by atomic mass is 10.00. The van der Waals surface area contributed by atoms with E-state index in [0.29, 0.717) is 13.0 Å². The fraction of sp³-hybridized carbons (Fsp3) is 0.909. The van der Waals surface area contributed by atoms with Crippen molar-refractivity contribution in [3.05, 3.63) is 0 Å². The summed E-state index contributed by atoms with van der Waals surface area (Å²) >= 11 is 0. The molecule has 1 saturated heterocycles. The number of amides is 1. The normalized spacial score (nSPS) is 26.7. The van der Waals surface area contributed by atoms with Crippen LogP contribution in [0.4, 0.5) is 4.79 Å². The molecule has 0 unspecified atom stereocenters. The summed E-state index contributed by atoms with van der Waals surface area (Å²) in [7, 11) is 0. The Morgan fingerprint density at radius 1 is 1.50 bits per heavy atom. The Morgan fingerprint density at radius 3 is 2.62 bits per heavy atom. The Morgan fingerprint density at radius 2 is 2.12 bits per heavy atom. The second-order valence-corrected chi connectivity index (χ2v) is 5.13. The van der Waals surface area contributed by atoms with E-state index < -0.39 is 23.8 Å². The van der Waals surface area contributed by atoms with Crippen molar-refractivity contribution >= 4 is 6.09 Å². The van der Waals surface area contributed by atoms with Gasteiger partial charge < -0.3 is 19.8 Å². The Hall–Kier alpha value is -0.810. The Bertz CT molecular complexity index is 249. The third-order valence-corrected chi connectivity index (χ3v) is 2.56. The lowest BCUT2D eigenvalue weighted by Crippen LogP contribution is -2.54. The molecule has 1 aliphatic rings. The lowest BCUT2D eigenvalue weighted by Gasteiger charge is -2.38. The van der Waals surface area contributed by atoms with Crippen LogP contribution in [0.2, 0.25) is 0 Å². The van der Waals surface area contributed by atoms with Crippen molar-refractivity contribution in [3.63, 3.8) is 0 Å². The van der Waals surface area contributed by atoms with Gasteiger partial charge in [0.25, 0.3) is 0 Å². The van der Waals surface area contributed by atoms with Crippen LogP contribution in [0, 0.1) is 0 Å². The van der Waals surface area contributed by atoms with Crippen LogP contribution in [0.1, 0.15) is 33.6 Å². The van der Waals surface area contributed by atoms with Gasteiger partial charge in [0.1, 0.15) is 5.60 Å². The number of aliphatic hydroxyl groups excluding tert-OH is 2. The average Bonchev–Trinajstić information content (AvgIpc) is 2.14. The molecule has 5 nitrogen and oxygen atoms in total. The van der Waals surface area contributed by atoms with E-state index in [1.807, 2.05) is 0 Å². The quantitative estimate of drug-likeness (QED) is 0.698. The summed E-state index contributed by atoms with van der Waals surface area (Å²) in [4.78, 5) is 13.2. The van der Waals surface area contributed by atoms with Crippen LogP contribution in [0.25, 0.3) is 0 Å². The Labute approximate surface area is 96.0 Å². The maximum absolute atomic E-state index is 11.8. The number of hydrogen-bond donors (Lipinski definition) is 2. The van der Waals surface area contributed by atoms with E-state index in [0.717, 1.165) is 6.42 Å². The molecule has 5 heteroatoms. The molecule has 2 N–H and O–H groups in total. The molecule has 2 atom stereocenters. The lowest BCUT2D eigenvalue weighted by molar-refractivity contribution is -0.0371. The van der Waals surface area contributed by atoms with Gasteiger partial charge in [0.15, 0.2) is 0 Å². The first kappa shape index (κ1) is 13.3. The Balaban J connectivity index is 2.66. The number of carbonyl (C=O) groups is 1. The van der Waals surface area contributed by atoms with Crippen molar-refractivity contribution in [2.75, 3.05) is 13.2 Å². The highest BCUT2D eigenvalue weighted by Crippen LogP contribution is 2.20. The van der Waals surface area contributed by atoms with Gasteiger partial charge in [0, 0.05) is 6.54 Å². The van der Waals surface area contributed by atoms with Gasteiger partial charge in [-0.2, -0.15) is 0 Å². The first-order chi connectivity index (χ1) is 7.35. The summed E-state index contributed by atoms with van der Waals surface area (Å²) in [5, 5.41) is 18.8. The molecule has 1 rings (SSSR count). The fourth-order valence-electron chi connectivity index (χ4n) is 1.80. The van der Waals surface area contributed by atoms with Crippen molar-refractivity contribution in [2.24, 2.45) is 0 Å². The molecule has 0 aromatic rings. The molecule has 94 valence electrons. The van der Waals surface area contributed by atoms with Crippen LogP contribution in [0.15, 0.2) is 0 Å². The fourth-order valence-corrected chi connectivity index (χ4v) is 1.80. The van der Waals surface area contributed by atoms with E-state index in [1.54, 1.807) is 20.8 Å². The Kier molecular flexibility index (Phi) is 4.15. The molecule has 1 amide bonds. The average molecular weight is 231 g/mol. The summed E-state index contributed by atoms with van der Waals surface area (Å²) in [5.41, 5.74) is -0.556. The highest BCUT2D eigenvalue weighted by Gasteiger charge is 2.35. The molecule has 0 aromatic carbocycles. The standard InChI is InChI=1S/C11H21NO4/c1-11(2,3)16-10(15)12-6-4-5-9(14)8(12)7-13/h8-9,13-14H,4-7H2,1-3H3/t8-,9-/m1/s1. The van der Waals surface area contributed by atoms with Gasteiger partial charge in [-0.3, -0.25) is 0 Å². The number of piperidine rings is 1. The third kappa shape index (κ3) is 3.35. The minimum atomic E-state index is -0.661. The van der Waals surface area contributed by atoms with Crippen molar-refractivity contribution < 1.29 is 19.7 Å². The first-order valence-electron chi connectivity index (χ1n) is 5.63. The third-order valence-electron chi connectivity index (χ3n) is 2.56. The van der Waals surface area contributed by atoms with Crippen molar-refractivity contribution in [2.45, 2.75) is 51.4 Å². The van der Waals surface area contributed by atoms with Crippen molar-refractivity contribution in [3.8, 4) is 0 Å². The zero-order valence-electron chi connectivity index (χ0n) is 10.1. The van der Waals surface area contributed by atoms with Crippen molar-refractivity contribution in [1.82, 2.24) is 4.90 Å². The van der Waals surface area contributed by atoms with Crippen LogP contribution in [0.5, 0.6) is 0 Å². The van der Waals surface area contributed by atoms with E-state index >= 15 is 0 Å². The largest absolute Gasteiger partial charge is 0.444 e. The van der Waals surface area contributed by atoms with Gasteiger partial charge in [-0.05, 0) is 33.6 Å². The molecule has 0 spiro atoms. The van der Waals surface area contributed by atoms with Gasteiger partial charge in [-0.1, -0.05) is 0 Å². The summed E-state index contributed by atoms with van der Waals surface area (Å²) < 4.78 is 5.22. The molecule has 0 bridgehead atoms. The number of carbonyl (C=O) groups excluding carboxylic acids is 1. The van der Waals surface area contributed by atoms with Gasteiger partial charge in [-0.25, -0.2) is 4.79 Å². The van der Waals surface area contributed by atoms with E-state index in [-0.39, 0.29) is 6.61 Å². The predicted octanol–water partition coefficient (Wildman–Crippen LogP) is 0.739. The van der Waals surface area contributed by atoms with Crippen LogP contribution < -0.4 is 0 Å². The highest BCUT2D eigenvalue weighted by atomic mass is 16.6. The SMILES string of the molecule is CC(C)(C)OC(=O)N1CCC[C@@H](O)[C@H]1CO. The molecule has 1 heterocycles. The van der Waals surface area contributed by atoms with E-state index in [2.05, 4.69) is 0 Å². The maximum Gasteiger partial charge on any atom is 0.410 e. The molecule has 1 aliphatic heterocycles.